The van der Waals surface area contributed by atoms with Crippen LogP contribution in [0, 0.1) is 11.8 Å². The quantitative estimate of drug-likeness (QED) is 0.786. The Morgan fingerprint density at radius 2 is 1.65 bits per heavy atom. The van der Waals surface area contributed by atoms with E-state index >= 15 is 0 Å². The van der Waals surface area contributed by atoms with Crippen LogP contribution >= 0.6 is 0 Å². The van der Waals surface area contributed by atoms with E-state index in [1.54, 1.807) is 0 Å². The minimum atomic E-state index is 0.557. The van der Waals surface area contributed by atoms with Crippen LogP contribution in [0.3, 0.4) is 0 Å². The van der Waals surface area contributed by atoms with Gasteiger partial charge in [-0.15, -0.1) is 0 Å². The third kappa shape index (κ3) is 3.49. The van der Waals surface area contributed by atoms with Crippen molar-refractivity contribution in [3.8, 4) is 0 Å². The smallest absolute Gasteiger partial charge is 0.324 e. The first kappa shape index (κ1) is 17.0. The summed E-state index contributed by atoms with van der Waals surface area (Å²) in [7, 11) is 0. The van der Waals surface area contributed by atoms with Crippen LogP contribution in [0.5, 0.6) is 0 Å². The number of hydrogen-bond donors (Lipinski definition) is 0. The van der Waals surface area contributed by atoms with Gasteiger partial charge in [-0.25, -0.2) is 0 Å². The summed E-state index contributed by atoms with van der Waals surface area (Å²) >= 11 is 0. The predicted molar refractivity (Wildman–Crippen MR) is 98.4 cm³/mol. The number of fused-ring (bicyclic) bond motifs is 2. The number of anilines is 1. The van der Waals surface area contributed by atoms with Crippen LogP contribution in [0.25, 0.3) is 0 Å². The van der Waals surface area contributed by atoms with Crippen LogP contribution in [0.1, 0.15) is 37.4 Å². The number of rotatable bonds is 5. The van der Waals surface area contributed by atoms with Gasteiger partial charge in [-0.05, 0) is 31.1 Å². The molecule has 1 aromatic rings. The van der Waals surface area contributed by atoms with Crippen molar-refractivity contribution >= 4 is 6.01 Å². The molecule has 3 heterocycles. The first-order valence-electron chi connectivity index (χ1n) is 10.5. The number of hydrogen-bond acceptors (Lipinski definition) is 7. The summed E-state index contributed by atoms with van der Waals surface area (Å²) in [6, 6.07) is 0.746. The average Bonchev–Trinajstić information content (AvgIpc) is 3.44. The molecule has 1 aromatic heterocycles. The zero-order chi connectivity index (χ0) is 17.3. The van der Waals surface area contributed by atoms with Crippen LogP contribution in [-0.2, 0) is 4.74 Å². The summed E-state index contributed by atoms with van der Waals surface area (Å²) < 4.78 is 11.1. The van der Waals surface area contributed by atoms with Gasteiger partial charge >= 0.3 is 6.01 Å². The molecule has 4 fully saturated rings. The zero-order valence-corrected chi connectivity index (χ0v) is 15.7. The van der Waals surface area contributed by atoms with Crippen LogP contribution < -0.4 is 4.90 Å². The zero-order valence-electron chi connectivity index (χ0n) is 15.7. The van der Waals surface area contributed by atoms with E-state index < -0.39 is 0 Å². The van der Waals surface area contributed by atoms with Crippen LogP contribution in [-0.4, -0.2) is 85.5 Å². The predicted octanol–water partition coefficient (Wildman–Crippen LogP) is 1.43. The average molecular weight is 361 g/mol. The molecular formula is C19H31N5O2. The lowest BCUT2D eigenvalue weighted by atomic mass is 9.88. The third-order valence-corrected chi connectivity index (χ3v) is 6.98. The fourth-order valence-electron chi connectivity index (χ4n) is 5.34. The van der Waals surface area contributed by atoms with Gasteiger partial charge in [0.05, 0.1) is 13.2 Å². The van der Waals surface area contributed by atoms with Gasteiger partial charge in [-0.2, -0.15) is 4.98 Å². The molecule has 2 saturated carbocycles. The lowest BCUT2D eigenvalue weighted by Crippen LogP contribution is -2.49. The van der Waals surface area contributed by atoms with E-state index in [-0.39, 0.29) is 0 Å². The van der Waals surface area contributed by atoms with Crippen molar-refractivity contribution in [2.24, 2.45) is 11.8 Å². The fraction of sp³-hybridized carbons (Fsp3) is 0.895. The van der Waals surface area contributed by atoms with Gasteiger partial charge in [-0.3, -0.25) is 9.80 Å². The maximum atomic E-state index is 5.64. The highest BCUT2D eigenvalue weighted by molar-refractivity contribution is 5.27. The summed E-state index contributed by atoms with van der Waals surface area (Å²) in [4.78, 5) is 12.1. The molecule has 0 radical (unpaired) electrons. The van der Waals surface area contributed by atoms with Crippen molar-refractivity contribution in [1.82, 2.24) is 19.9 Å². The normalized spacial score (nSPS) is 33.2. The second-order valence-electron chi connectivity index (χ2n) is 8.50. The van der Waals surface area contributed by atoms with Gasteiger partial charge in [0.1, 0.15) is 0 Å². The highest BCUT2D eigenvalue weighted by Crippen LogP contribution is 2.52. The van der Waals surface area contributed by atoms with E-state index in [1.165, 1.54) is 25.7 Å². The number of piperazine rings is 1. The van der Waals surface area contributed by atoms with Gasteiger partial charge < -0.3 is 14.2 Å². The molecule has 2 aliphatic carbocycles. The Kier molecular flexibility index (Phi) is 4.85. The van der Waals surface area contributed by atoms with E-state index in [4.69, 9.17) is 14.2 Å². The molecule has 0 N–H and O–H groups in total. The fourth-order valence-corrected chi connectivity index (χ4v) is 5.34. The largest absolute Gasteiger partial charge is 0.379 e. The van der Waals surface area contributed by atoms with Crippen molar-refractivity contribution in [3.05, 3.63) is 5.82 Å². The maximum absolute atomic E-state index is 5.64. The first-order valence-corrected chi connectivity index (χ1v) is 10.5. The molecule has 2 saturated heterocycles. The Hall–Kier alpha value is -1.18. The molecule has 4 aliphatic rings. The minimum Gasteiger partial charge on any atom is -0.379 e. The lowest BCUT2D eigenvalue weighted by Gasteiger charge is -2.35. The highest BCUT2D eigenvalue weighted by Gasteiger charge is 2.42. The van der Waals surface area contributed by atoms with Crippen molar-refractivity contribution in [2.45, 2.75) is 31.6 Å². The molecule has 2 aliphatic heterocycles. The van der Waals surface area contributed by atoms with Crippen molar-refractivity contribution < 1.29 is 9.26 Å². The maximum Gasteiger partial charge on any atom is 0.324 e. The van der Waals surface area contributed by atoms with E-state index in [0.717, 1.165) is 89.2 Å². The topological polar surface area (TPSA) is 57.9 Å². The van der Waals surface area contributed by atoms with E-state index in [2.05, 4.69) is 19.9 Å². The second-order valence-corrected chi connectivity index (χ2v) is 8.50. The van der Waals surface area contributed by atoms with Crippen LogP contribution in [0.2, 0.25) is 0 Å². The Balaban J connectivity index is 1.10. The van der Waals surface area contributed by atoms with E-state index in [0.29, 0.717) is 5.92 Å². The molecule has 1 unspecified atom stereocenters. The summed E-state index contributed by atoms with van der Waals surface area (Å²) in [5.74, 6) is 3.26. The molecule has 2 bridgehead atoms. The van der Waals surface area contributed by atoms with Crippen molar-refractivity contribution in [2.75, 3.05) is 70.5 Å². The SMILES string of the molecule is C1CN(CCN2CCN(c3nc(C4C[C@H]5CC[C@H]4C5)no3)CC2)CCO1. The summed E-state index contributed by atoms with van der Waals surface area (Å²) in [6.45, 7) is 10.4. The molecule has 144 valence electrons. The molecule has 3 atom stereocenters. The number of nitrogens with zero attached hydrogens (tertiary/aromatic N) is 5. The summed E-state index contributed by atoms with van der Waals surface area (Å²) in [6.07, 6.45) is 5.44. The highest BCUT2D eigenvalue weighted by atomic mass is 16.5. The van der Waals surface area contributed by atoms with Crippen molar-refractivity contribution in [3.63, 3.8) is 0 Å². The molecule has 0 spiro atoms. The number of ether oxygens (including phenoxy) is 1. The van der Waals surface area contributed by atoms with Crippen LogP contribution in [0.4, 0.5) is 6.01 Å². The lowest BCUT2D eigenvalue weighted by molar-refractivity contribution is 0.0330. The molecule has 7 nitrogen and oxygen atoms in total. The molecule has 7 heteroatoms. The van der Waals surface area contributed by atoms with Gasteiger partial charge in [-0.1, -0.05) is 11.6 Å². The van der Waals surface area contributed by atoms with Gasteiger partial charge in [0.2, 0.25) is 0 Å². The Morgan fingerprint density at radius 1 is 0.885 bits per heavy atom. The summed E-state index contributed by atoms with van der Waals surface area (Å²) in [5, 5.41) is 4.35. The third-order valence-electron chi connectivity index (χ3n) is 6.98. The minimum absolute atomic E-state index is 0.557. The summed E-state index contributed by atoms with van der Waals surface area (Å²) in [5.41, 5.74) is 0. The van der Waals surface area contributed by atoms with E-state index in [9.17, 15) is 0 Å². The number of aromatic nitrogens is 2. The Morgan fingerprint density at radius 3 is 2.35 bits per heavy atom. The second kappa shape index (κ2) is 7.44. The Bertz CT molecular complexity index is 595. The standard InChI is InChI=1S/C19H31N5O2/c1-2-16-13-15(1)14-17(16)18-20-19(26-21-18)24-7-5-22(6-8-24)3-4-23-9-11-25-12-10-23/h15-17H,1-14H2/t15-,16-,17?/m0/s1. The Labute approximate surface area is 155 Å². The molecule has 5 rings (SSSR count). The first-order chi connectivity index (χ1) is 12.8. The van der Waals surface area contributed by atoms with Gasteiger partial charge in [0.15, 0.2) is 5.82 Å². The molecule has 0 amide bonds. The van der Waals surface area contributed by atoms with Gasteiger partial charge in [0, 0.05) is 58.3 Å². The van der Waals surface area contributed by atoms with Gasteiger partial charge in [0.25, 0.3) is 0 Å². The van der Waals surface area contributed by atoms with Crippen molar-refractivity contribution in [1.29, 1.82) is 0 Å². The monoisotopic (exact) mass is 361 g/mol. The molecule has 0 aromatic carbocycles. The number of morpholine rings is 1. The van der Waals surface area contributed by atoms with E-state index in [1.807, 2.05) is 0 Å². The molecular weight excluding hydrogens is 330 g/mol. The van der Waals surface area contributed by atoms with Crippen LogP contribution in [0.15, 0.2) is 4.52 Å². The molecule has 26 heavy (non-hydrogen) atoms.